The first-order chi connectivity index (χ1) is 9.70. The van der Waals surface area contributed by atoms with Crippen molar-refractivity contribution in [2.24, 2.45) is 0 Å². The van der Waals surface area contributed by atoms with Gasteiger partial charge in [-0.3, -0.25) is 0 Å². The summed E-state index contributed by atoms with van der Waals surface area (Å²) in [7, 11) is 0. The number of rotatable bonds is 3. The molecule has 1 aliphatic rings. The third-order valence-electron chi connectivity index (χ3n) is 3.76. The van der Waals surface area contributed by atoms with Crippen molar-refractivity contribution in [2.75, 3.05) is 13.2 Å². The number of benzene rings is 1. The van der Waals surface area contributed by atoms with Crippen LogP contribution < -0.4 is 0 Å². The molecular formula is C16H22ClNO2. The molecule has 1 fully saturated rings. The van der Waals surface area contributed by atoms with Crippen LogP contribution in [0.15, 0.2) is 24.3 Å². The van der Waals surface area contributed by atoms with E-state index in [1.165, 1.54) is 18.4 Å². The van der Waals surface area contributed by atoms with Gasteiger partial charge in [0.05, 0.1) is 6.61 Å². The van der Waals surface area contributed by atoms with Crippen LogP contribution in [0.5, 0.6) is 0 Å². The molecule has 4 heteroatoms. The van der Waals surface area contributed by atoms with E-state index >= 15 is 0 Å². The van der Waals surface area contributed by atoms with E-state index in [4.69, 9.17) is 16.3 Å². The molecule has 0 radical (unpaired) electrons. The number of likely N-dealkylation sites (tertiary alicyclic amines) is 1. The lowest BCUT2D eigenvalue weighted by molar-refractivity contribution is 0.0909. The first-order valence-electron chi connectivity index (χ1n) is 7.38. The van der Waals surface area contributed by atoms with E-state index in [-0.39, 0.29) is 12.1 Å². The lowest BCUT2D eigenvalue weighted by Gasteiger charge is -2.29. The van der Waals surface area contributed by atoms with Crippen molar-refractivity contribution in [1.29, 1.82) is 0 Å². The van der Waals surface area contributed by atoms with Gasteiger partial charge < -0.3 is 9.64 Å². The van der Waals surface area contributed by atoms with Crippen LogP contribution in [0.1, 0.15) is 38.2 Å². The van der Waals surface area contributed by atoms with Crippen LogP contribution in [0.4, 0.5) is 4.79 Å². The van der Waals surface area contributed by atoms with Gasteiger partial charge in [-0.05, 0) is 43.9 Å². The lowest BCUT2D eigenvalue weighted by atomic mass is 10.0. The topological polar surface area (TPSA) is 29.5 Å². The monoisotopic (exact) mass is 295 g/mol. The summed E-state index contributed by atoms with van der Waals surface area (Å²) < 4.78 is 5.19. The quantitative estimate of drug-likeness (QED) is 0.833. The van der Waals surface area contributed by atoms with Gasteiger partial charge in [-0.2, -0.15) is 0 Å². The number of carbonyl (C=O) groups is 1. The average molecular weight is 296 g/mol. The molecule has 0 N–H and O–H groups in total. The number of hydrogen-bond donors (Lipinski definition) is 0. The maximum Gasteiger partial charge on any atom is 0.410 e. The van der Waals surface area contributed by atoms with Crippen LogP contribution in [0.25, 0.3) is 0 Å². The fourth-order valence-corrected chi connectivity index (χ4v) is 2.85. The molecule has 0 spiro atoms. The van der Waals surface area contributed by atoms with Crippen molar-refractivity contribution in [3.05, 3.63) is 34.9 Å². The van der Waals surface area contributed by atoms with Gasteiger partial charge in [0.2, 0.25) is 0 Å². The highest BCUT2D eigenvalue weighted by atomic mass is 35.5. The van der Waals surface area contributed by atoms with Gasteiger partial charge in [-0.15, -0.1) is 0 Å². The van der Waals surface area contributed by atoms with E-state index in [2.05, 4.69) is 0 Å². The zero-order valence-electron chi connectivity index (χ0n) is 12.0. The van der Waals surface area contributed by atoms with Crippen LogP contribution in [0.3, 0.4) is 0 Å². The number of nitrogens with zero attached hydrogens (tertiary/aromatic N) is 1. The van der Waals surface area contributed by atoms with E-state index in [1.54, 1.807) is 0 Å². The summed E-state index contributed by atoms with van der Waals surface area (Å²) in [6.07, 6.45) is 5.17. The molecule has 110 valence electrons. The summed E-state index contributed by atoms with van der Waals surface area (Å²) in [4.78, 5) is 14.0. The SMILES string of the molecule is CCOC(=O)N1CCCCCC1Cc1ccc(Cl)cc1. The van der Waals surface area contributed by atoms with Crippen molar-refractivity contribution in [2.45, 2.75) is 45.1 Å². The van der Waals surface area contributed by atoms with Crippen LogP contribution in [0.2, 0.25) is 5.02 Å². The molecule has 20 heavy (non-hydrogen) atoms. The standard InChI is InChI=1S/C16H22ClNO2/c1-2-20-16(19)18-11-5-3-4-6-15(18)12-13-7-9-14(17)10-8-13/h7-10,15H,2-6,11-12H2,1H3. The summed E-state index contributed by atoms with van der Waals surface area (Å²) in [5, 5.41) is 0.747. The molecule has 1 aliphatic heterocycles. The Morgan fingerprint density at radius 3 is 2.75 bits per heavy atom. The second-order valence-corrected chi connectivity index (χ2v) is 5.66. The van der Waals surface area contributed by atoms with Crippen molar-refractivity contribution < 1.29 is 9.53 Å². The van der Waals surface area contributed by atoms with Crippen molar-refractivity contribution >= 4 is 17.7 Å². The third-order valence-corrected chi connectivity index (χ3v) is 4.02. The van der Waals surface area contributed by atoms with E-state index in [0.717, 1.165) is 30.8 Å². The number of hydrogen-bond acceptors (Lipinski definition) is 2. The zero-order chi connectivity index (χ0) is 14.4. The molecule has 1 aromatic carbocycles. The van der Waals surface area contributed by atoms with Crippen LogP contribution >= 0.6 is 11.6 Å². The van der Waals surface area contributed by atoms with Gasteiger partial charge in [0.15, 0.2) is 0 Å². The Morgan fingerprint density at radius 2 is 2.05 bits per heavy atom. The Labute approximate surface area is 125 Å². The predicted molar refractivity (Wildman–Crippen MR) is 81.1 cm³/mol. The summed E-state index contributed by atoms with van der Waals surface area (Å²) in [5.41, 5.74) is 1.22. The molecule has 0 saturated carbocycles. The number of halogens is 1. The number of carbonyl (C=O) groups excluding carboxylic acids is 1. The highest BCUT2D eigenvalue weighted by Gasteiger charge is 2.26. The second kappa shape index (κ2) is 7.53. The fourth-order valence-electron chi connectivity index (χ4n) is 2.73. The normalized spacial score (nSPS) is 19.5. The van der Waals surface area contributed by atoms with Crippen molar-refractivity contribution in [3.8, 4) is 0 Å². The van der Waals surface area contributed by atoms with Gasteiger partial charge in [0, 0.05) is 17.6 Å². The Balaban J connectivity index is 2.07. The Bertz CT molecular complexity index is 433. The van der Waals surface area contributed by atoms with Crippen LogP contribution in [-0.4, -0.2) is 30.2 Å². The maximum atomic E-state index is 12.1. The Hall–Kier alpha value is -1.22. The first-order valence-corrected chi connectivity index (χ1v) is 7.76. The minimum absolute atomic E-state index is 0.173. The Kier molecular flexibility index (Phi) is 5.72. The molecule has 1 saturated heterocycles. The average Bonchev–Trinajstić information content (AvgIpc) is 2.67. The van der Waals surface area contributed by atoms with E-state index < -0.39 is 0 Å². The third kappa shape index (κ3) is 4.14. The summed E-state index contributed by atoms with van der Waals surface area (Å²) in [6, 6.07) is 8.12. The van der Waals surface area contributed by atoms with E-state index in [9.17, 15) is 4.79 Å². The van der Waals surface area contributed by atoms with Gasteiger partial charge in [-0.25, -0.2) is 4.79 Å². The zero-order valence-corrected chi connectivity index (χ0v) is 12.7. The van der Waals surface area contributed by atoms with Gasteiger partial charge in [0.25, 0.3) is 0 Å². The molecule has 1 amide bonds. The summed E-state index contributed by atoms with van der Waals surface area (Å²) in [5.74, 6) is 0. The Morgan fingerprint density at radius 1 is 1.30 bits per heavy atom. The van der Waals surface area contributed by atoms with E-state index in [0.29, 0.717) is 6.61 Å². The molecule has 3 nitrogen and oxygen atoms in total. The molecule has 1 heterocycles. The van der Waals surface area contributed by atoms with Crippen molar-refractivity contribution in [1.82, 2.24) is 4.90 Å². The minimum Gasteiger partial charge on any atom is -0.450 e. The fraction of sp³-hybridized carbons (Fsp3) is 0.562. The molecule has 0 aromatic heterocycles. The summed E-state index contributed by atoms with van der Waals surface area (Å²) >= 11 is 5.92. The van der Waals surface area contributed by atoms with Gasteiger partial charge in [-0.1, -0.05) is 36.6 Å². The number of amides is 1. The highest BCUT2D eigenvalue weighted by molar-refractivity contribution is 6.30. The predicted octanol–water partition coefficient (Wildman–Crippen LogP) is 4.28. The molecule has 0 aliphatic carbocycles. The molecular weight excluding hydrogens is 274 g/mol. The maximum absolute atomic E-state index is 12.1. The minimum atomic E-state index is -0.173. The van der Waals surface area contributed by atoms with Crippen molar-refractivity contribution in [3.63, 3.8) is 0 Å². The van der Waals surface area contributed by atoms with Gasteiger partial charge in [0.1, 0.15) is 0 Å². The molecule has 1 atom stereocenters. The first kappa shape index (κ1) is 15.2. The molecule has 1 aromatic rings. The highest BCUT2D eigenvalue weighted by Crippen LogP contribution is 2.22. The smallest absolute Gasteiger partial charge is 0.410 e. The largest absolute Gasteiger partial charge is 0.450 e. The van der Waals surface area contributed by atoms with Gasteiger partial charge >= 0.3 is 6.09 Å². The van der Waals surface area contributed by atoms with E-state index in [1.807, 2.05) is 36.1 Å². The molecule has 0 bridgehead atoms. The molecule has 2 rings (SSSR count). The van der Waals surface area contributed by atoms with Crippen LogP contribution in [0, 0.1) is 0 Å². The van der Waals surface area contributed by atoms with Crippen LogP contribution in [-0.2, 0) is 11.2 Å². The summed E-state index contributed by atoms with van der Waals surface area (Å²) in [6.45, 7) is 3.09. The number of ether oxygens (including phenoxy) is 1. The molecule has 1 unspecified atom stereocenters. The lowest BCUT2D eigenvalue weighted by Crippen LogP contribution is -2.41. The second-order valence-electron chi connectivity index (χ2n) is 5.23.